The molecule has 2 aromatic carbocycles. The summed E-state index contributed by atoms with van der Waals surface area (Å²) in [5.74, 6) is 1.22. The minimum atomic E-state index is -0.230. The Balaban J connectivity index is 1.41. The van der Waals surface area contributed by atoms with Crippen molar-refractivity contribution in [2.75, 3.05) is 13.2 Å². The number of carbonyl (C=O) groups excluding carboxylic acids is 2. The second kappa shape index (κ2) is 8.52. The van der Waals surface area contributed by atoms with Gasteiger partial charge in [0.15, 0.2) is 17.3 Å². The molecule has 1 N–H and O–H groups in total. The van der Waals surface area contributed by atoms with Gasteiger partial charge in [0, 0.05) is 18.4 Å². The van der Waals surface area contributed by atoms with Crippen molar-refractivity contribution in [2.45, 2.75) is 32.3 Å². The molecule has 5 heteroatoms. The van der Waals surface area contributed by atoms with Crippen molar-refractivity contribution in [3.05, 3.63) is 59.7 Å². The third-order valence-corrected chi connectivity index (χ3v) is 4.36. The van der Waals surface area contributed by atoms with Gasteiger partial charge in [-0.2, -0.15) is 0 Å². The molecule has 0 unspecified atom stereocenters. The average molecular weight is 353 g/mol. The van der Waals surface area contributed by atoms with E-state index in [0.717, 1.165) is 12.2 Å². The second-order valence-corrected chi connectivity index (χ2v) is 6.28. The maximum atomic E-state index is 12.2. The zero-order chi connectivity index (χ0) is 18.4. The molecule has 1 atom stereocenters. The number of Topliss-reactive ketones (excluding diaryl/α,β-unsaturated/α-hetero) is 1. The van der Waals surface area contributed by atoms with E-state index in [1.54, 1.807) is 0 Å². The lowest BCUT2D eigenvalue weighted by atomic mass is 10.0. The highest BCUT2D eigenvalue weighted by molar-refractivity contribution is 5.97. The largest absolute Gasteiger partial charge is 0.486 e. The van der Waals surface area contributed by atoms with Gasteiger partial charge in [0.1, 0.15) is 12.7 Å². The zero-order valence-electron chi connectivity index (χ0n) is 14.9. The summed E-state index contributed by atoms with van der Waals surface area (Å²) in [6.07, 6.45) is 1.07. The minimum absolute atomic E-state index is 0.0195. The van der Waals surface area contributed by atoms with Crippen molar-refractivity contribution in [1.29, 1.82) is 0 Å². The zero-order valence-corrected chi connectivity index (χ0v) is 14.9. The van der Waals surface area contributed by atoms with Gasteiger partial charge in [-0.15, -0.1) is 0 Å². The molecule has 1 aliphatic rings. The summed E-state index contributed by atoms with van der Waals surface area (Å²) in [7, 11) is 0. The van der Waals surface area contributed by atoms with Crippen LogP contribution in [0.1, 0.15) is 35.7 Å². The van der Waals surface area contributed by atoms with Crippen LogP contribution in [-0.4, -0.2) is 30.9 Å². The first-order chi connectivity index (χ1) is 12.7. The van der Waals surface area contributed by atoms with Crippen molar-refractivity contribution in [3.8, 4) is 11.5 Å². The lowest BCUT2D eigenvalue weighted by Gasteiger charge is -2.26. The van der Waals surface area contributed by atoms with E-state index in [9.17, 15) is 9.59 Å². The quantitative estimate of drug-likeness (QED) is 0.777. The van der Waals surface area contributed by atoms with Crippen LogP contribution in [0.5, 0.6) is 11.5 Å². The molecule has 0 saturated heterocycles. The monoisotopic (exact) mass is 353 g/mol. The van der Waals surface area contributed by atoms with Gasteiger partial charge >= 0.3 is 0 Å². The summed E-state index contributed by atoms with van der Waals surface area (Å²) in [6.45, 7) is 2.81. The molecule has 5 nitrogen and oxygen atoms in total. The molecule has 136 valence electrons. The van der Waals surface area contributed by atoms with Crippen LogP contribution in [-0.2, 0) is 11.2 Å². The Bertz CT molecular complexity index is 770. The van der Waals surface area contributed by atoms with Gasteiger partial charge in [-0.3, -0.25) is 9.59 Å². The number of ether oxygens (including phenoxy) is 2. The van der Waals surface area contributed by atoms with Crippen molar-refractivity contribution >= 4 is 11.7 Å². The van der Waals surface area contributed by atoms with Crippen LogP contribution in [0.15, 0.2) is 48.5 Å². The number of carbonyl (C=O) groups is 2. The molecular weight excluding hydrogens is 330 g/mol. The van der Waals surface area contributed by atoms with E-state index in [0.29, 0.717) is 24.5 Å². The summed E-state index contributed by atoms with van der Waals surface area (Å²) in [6, 6.07) is 15.0. The first-order valence-electron chi connectivity index (χ1n) is 8.93. The summed E-state index contributed by atoms with van der Waals surface area (Å²) >= 11 is 0. The lowest BCUT2D eigenvalue weighted by molar-refractivity contribution is -0.121. The highest BCUT2D eigenvalue weighted by Gasteiger charge is 2.21. The Labute approximate surface area is 153 Å². The number of fused-ring (bicyclic) bond motifs is 1. The Hall–Kier alpha value is -2.82. The second-order valence-electron chi connectivity index (χ2n) is 6.28. The van der Waals surface area contributed by atoms with Crippen molar-refractivity contribution < 1.29 is 19.1 Å². The number of nitrogens with one attached hydrogen (secondary N) is 1. The summed E-state index contributed by atoms with van der Waals surface area (Å²) in [5.41, 5.74) is 1.84. The topological polar surface area (TPSA) is 64.6 Å². The fraction of sp³-hybridized carbons (Fsp3) is 0.333. The molecule has 0 bridgehead atoms. The van der Waals surface area contributed by atoms with Crippen LogP contribution in [0, 0.1) is 0 Å². The number of hydrogen-bond acceptors (Lipinski definition) is 4. The van der Waals surface area contributed by atoms with E-state index in [1.807, 2.05) is 48.5 Å². The fourth-order valence-electron chi connectivity index (χ4n) is 2.78. The van der Waals surface area contributed by atoms with E-state index >= 15 is 0 Å². The molecule has 0 radical (unpaired) electrons. The molecular formula is C21H23NO4. The molecule has 3 rings (SSSR count). The molecule has 0 spiro atoms. The Kier molecular flexibility index (Phi) is 5.89. The first kappa shape index (κ1) is 18.0. The van der Waals surface area contributed by atoms with Crippen LogP contribution in [0.25, 0.3) is 0 Å². The predicted molar refractivity (Wildman–Crippen MR) is 98.7 cm³/mol. The molecule has 1 heterocycles. The number of amides is 1. The third kappa shape index (κ3) is 4.63. The van der Waals surface area contributed by atoms with Gasteiger partial charge in [0.05, 0.1) is 6.54 Å². The predicted octanol–water partition coefficient (Wildman–Crippen LogP) is 3.17. The normalized spacial score (nSPS) is 15.3. The van der Waals surface area contributed by atoms with Crippen molar-refractivity contribution in [1.82, 2.24) is 5.32 Å². The highest BCUT2D eigenvalue weighted by atomic mass is 16.6. The lowest BCUT2D eigenvalue weighted by Crippen LogP contribution is -2.40. The molecule has 1 aliphatic heterocycles. The van der Waals surface area contributed by atoms with Crippen molar-refractivity contribution in [2.24, 2.45) is 0 Å². The van der Waals surface area contributed by atoms with Gasteiger partial charge in [-0.25, -0.2) is 0 Å². The van der Waals surface area contributed by atoms with Crippen LogP contribution < -0.4 is 14.8 Å². The van der Waals surface area contributed by atoms with E-state index in [2.05, 4.69) is 12.2 Å². The molecule has 0 fully saturated rings. The number of benzene rings is 2. The minimum Gasteiger partial charge on any atom is -0.486 e. The molecule has 1 amide bonds. The molecule has 0 saturated carbocycles. The van der Waals surface area contributed by atoms with E-state index in [-0.39, 0.29) is 30.6 Å². The Morgan fingerprint density at radius 1 is 1.04 bits per heavy atom. The number of ketones is 1. The van der Waals surface area contributed by atoms with Gasteiger partial charge in [0.25, 0.3) is 0 Å². The molecule has 26 heavy (non-hydrogen) atoms. The van der Waals surface area contributed by atoms with Crippen LogP contribution in [0.3, 0.4) is 0 Å². The van der Waals surface area contributed by atoms with Gasteiger partial charge in [0.2, 0.25) is 5.91 Å². The highest BCUT2D eigenvalue weighted by Crippen LogP contribution is 2.30. The van der Waals surface area contributed by atoms with Gasteiger partial charge in [-0.1, -0.05) is 43.3 Å². The number of para-hydroxylation sites is 2. The fourth-order valence-corrected chi connectivity index (χ4v) is 2.78. The molecule has 2 aromatic rings. The summed E-state index contributed by atoms with van der Waals surface area (Å²) in [4.78, 5) is 24.2. The van der Waals surface area contributed by atoms with Crippen molar-refractivity contribution in [3.63, 3.8) is 0 Å². The summed E-state index contributed by atoms with van der Waals surface area (Å²) < 4.78 is 11.4. The molecule has 0 aliphatic carbocycles. The number of rotatable bonds is 7. The van der Waals surface area contributed by atoms with Gasteiger partial charge < -0.3 is 14.8 Å². The van der Waals surface area contributed by atoms with Crippen LogP contribution >= 0.6 is 0 Å². The smallest absolute Gasteiger partial charge is 0.220 e. The Morgan fingerprint density at radius 3 is 2.50 bits per heavy atom. The van der Waals surface area contributed by atoms with Gasteiger partial charge in [-0.05, 0) is 24.1 Å². The van der Waals surface area contributed by atoms with Crippen LogP contribution in [0.4, 0.5) is 0 Å². The Morgan fingerprint density at radius 2 is 1.77 bits per heavy atom. The third-order valence-electron chi connectivity index (χ3n) is 4.36. The van der Waals surface area contributed by atoms with E-state index < -0.39 is 0 Å². The first-order valence-corrected chi connectivity index (χ1v) is 8.93. The summed E-state index contributed by atoms with van der Waals surface area (Å²) in [5, 5.41) is 2.81. The molecule has 0 aromatic heterocycles. The van der Waals surface area contributed by atoms with Crippen LogP contribution in [0.2, 0.25) is 0 Å². The maximum Gasteiger partial charge on any atom is 0.220 e. The maximum absolute atomic E-state index is 12.2. The SMILES string of the molecule is CCc1ccc(C(=O)CCC(=O)NC[C@H]2COc3ccccc3O2)cc1. The van der Waals surface area contributed by atoms with E-state index in [4.69, 9.17) is 9.47 Å². The number of hydrogen-bond donors (Lipinski definition) is 1. The van der Waals surface area contributed by atoms with E-state index in [1.165, 1.54) is 5.56 Å². The average Bonchev–Trinajstić information content (AvgIpc) is 2.70. The standard InChI is InChI=1S/C21H23NO4/c1-2-15-7-9-16(10-8-15)18(23)11-12-21(24)22-13-17-14-25-19-5-3-4-6-20(19)26-17/h3-10,17H,2,11-14H2,1H3,(H,22,24)/t17-/m0/s1. The number of aryl methyl sites for hydroxylation is 1.